The summed E-state index contributed by atoms with van der Waals surface area (Å²) in [6.45, 7) is 3.24. The first-order valence-corrected chi connectivity index (χ1v) is 8.89. The number of rotatable bonds is 2. The quantitative estimate of drug-likeness (QED) is 0.884. The Bertz CT molecular complexity index is 529. The molecule has 0 spiro atoms. The van der Waals surface area contributed by atoms with Crippen LogP contribution < -0.4 is 10.2 Å². The average molecular weight is 315 g/mol. The number of anilines is 1. The van der Waals surface area contributed by atoms with Gasteiger partial charge >= 0.3 is 0 Å². The minimum absolute atomic E-state index is 0.0474. The summed E-state index contributed by atoms with van der Waals surface area (Å²) >= 11 is 0. The Hall–Kier alpha value is -1.69. The molecule has 1 aromatic heterocycles. The zero-order valence-electron chi connectivity index (χ0n) is 13.5. The zero-order chi connectivity index (χ0) is 15.6. The van der Waals surface area contributed by atoms with Gasteiger partial charge in [-0.05, 0) is 37.3 Å². The second-order valence-corrected chi connectivity index (χ2v) is 7.00. The third-order valence-electron chi connectivity index (χ3n) is 5.63. The van der Waals surface area contributed by atoms with Crippen LogP contribution in [0.4, 0.5) is 5.82 Å². The van der Waals surface area contributed by atoms with E-state index < -0.39 is 0 Å². The number of amides is 1. The second kappa shape index (κ2) is 6.43. The fourth-order valence-electron chi connectivity index (χ4n) is 4.35. The minimum Gasteiger partial charge on any atom is -0.352 e. The van der Waals surface area contributed by atoms with Crippen molar-refractivity contribution < 1.29 is 4.79 Å². The first kappa shape index (κ1) is 14.9. The summed E-state index contributed by atoms with van der Waals surface area (Å²) in [5.41, 5.74) is 0. The Labute approximate surface area is 137 Å². The smallest absolute Gasteiger partial charge is 0.239 e. The average Bonchev–Trinajstić information content (AvgIpc) is 3.06. The summed E-state index contributed by atoms with van der Waals surface area (Å²) in [6.07, 6.45) is 7.91. The van der Waals surface area contributed by atoms with Gasteiger partial charge in [-0.2, -0.15) is 5.10 Å². The van der Waals surface area contributed by atoms with Gasteiger partial charge in [-0.1, -0.05) is 12.8 Å². The fourth-order valence-corrected chi connectivity index (χ4v) is 4.35. The van der Waals surface area contributed by atoms with E-state index in [9.17, 15) is 4.79 Å². The van der Waals surface area contributed by atoms with Gasteiger partial charge in [0.2, 0.25) is 5.91 Å². The Morgan fingerprint density at radius 3 is 2.74 bits per heavy atom. The molecule has 1 amide bonds. The normalized spacial score (nSPS) is 31.0. The van der Waals surface area contributed by atoms with E-state index in [1.54, 1.807) is 6.20 Å². The molecule has 1 N–H and O–H groups in total. The molecular weight excluding hydrogens is 290 g/mol. The molecule has 124 valence electrons. The Kier molecular flexibility index (Phi) is 4.16. The maximum Gasteiger partial charge on any atom is 0.239 e. The van der Waals surface area contributed by atoms with Crippen LogP contribution in [-0.4, -0.2) is 59.3 Å². The van der Waals surface area contributed by atoms with Crippen LogP contribution in [0.5, 0.6) is 0 Å². The summed E-state index contributed by atoms with van der Waals surface area (Å²) in [4.78, 5) is 17.0. The molecule has 0 aromatic carbocycles. The molecule has 3 atom stereocenters. The molecule has 3 aliphatic rings. The number of hydrogen-bond acceptors (Lipinski definition) is 5. The van der Waals surface area contributed by atoms with Gasteiger partial charge in [-0.25, -0.2) is 0 Å². The third-order valence-corrected chi connectivity index (χ3v) is 5.63. The number of piperazine rings is 1. The van der Waals surface area contributed by atoms with Crippen molar-refractivity contribution in [1.82, 2.24) is 20.4 Å². The van der Waals surface area contributed by atoms with Gasteiger partial charge in [0.1, 0.15) is 0 Å². The monoisotopic (exact) mass is 315 g/mol. The molecular formula is C17H25N5O. The Morgan fingerprint density at radius 1 is 1.17 bits per heavy atom. The van der Waals surface area contributed by atoms with Crippen LogP contribution in [0.1, 0.15) is 32.1 Å². The molecule has 3 heterocycles. The summed E-state index contributed by atoms with van der Waals surface area (Å²) in [5, 5.41) is 11.7. The van der Waals surface area contributed by atoms with E-state index in [1.165, 1.54) is 25.7 Å². The predicted octanol–water partition coefficient (Wildman–Crippen LogP) is 1.05. The largest absolute Gasteiger partial charge is 0.352 e. The lowest BCUT2D eigenvalue weighted by atomic mass is 9.85. The van der Waals surface area contributed by atoms with Crippen LogP contribution in [0.2, 0.25) is 0 Å². The Balaban J connectivity index is 1.33. The molecule has 4 rings (SSSR count). The standard InChI is InChI=1S/C17H25N5O/c23-17(15-12-13-4-1-2-5-14(13)19-15)22-10-8-21(9-11-22)16-6-3-7-18-20-16/h3,6-7,13-15,19H,1-2,4-5,8-12H2. The van der Waals surface area contributed by atoms with Crippen molar-refractivity contribution in [3.8, 4) is 0 Å². The van der Waals surface area contributed by atoms with E-state index in [4.69, 9.17) is 0 Å². The number of fused-ring (bicyclic) bond motifs is 1. The van der Waals surface area contributed by atoms with Gasteiger partial charge in [-0.3, -0.25) is 4.79 Å². The Morgan fingerprint density at radius 2 is 2.00 bits per heavy atom. The van der Waals surface area contributed by atoms with Crippen molar-refractivity contribution in [2.75, 3.05) is 31.1 Å². The van der Waals surface area contributed by atoms with Crippen LogP contribution in [0, 0.1) is 5.92 Å². The first-order valence-electron chi connectivity index (χ1n) is 8.89. The van der Waals surface area contributed by atoms with Crippen molar-refractivity contribution in [2.45, 2.75) is 44.2 Å². The van der Waals surface area contributed by atoms with Crippen molar-refractivity contribution >= 4 is 11.7 Å². The lowest BCUT2D eigenvalue weighted by Gasteiger charge is -2.36. The molecule has 1 saturated carbocycles. The third kappa shape index (κ3) is 3.04. The summed E-state index contributed by atoms with van der Waals surface area (Å²) < 4.78 is 0. The molecule has 1 aliphatic carbocycles. The van der Waals surface area contributed by atoms with E-state index in [2.05, 4.69) is 20.4 Å². The van der Waals surface area contributed by atoms with E-state index in [-0.39, 0.29) is 6.04 Å². The molecule has 0 radical (unpaired) electrons. The molecule has 2 aliphatic heterocycles. The van der Waals surface area contributed by atoms with Gasteiger partial charge in [0.15, 0.2) is 5.82 Å². The van der Waals surface area contributed by atoms with Gasteiger partial charge in [0.25, 0.3) is 0 Å². The highest BCUT2D eigenvalue weighted by Crippen LogP contribution is 2.33. The van der Waals surface area contributed by atoms with Crippen molar-refractivity contribution in [2.24, 2.45) is 5.92 Å². The number of nitrogens with one attached hydrogen (secondary N) is 1. The molecule has 0 bridgehead atoms. The van der Waals surface area contributed by atoms with Crippen LogP contribution in [0.25, 0.3) is 0 Å². The number of carbonyl (C=O) groups excluding carboxylic acids is 1. The second-order valence-electron chi connectivity index (χ2n) is 7.00. The molecule has 6 nitrogen and oxygen atoms in total. The molecule has 3 fully saturated rings. The minimum atomic E-state index is 0.0474. The number of carbonyl (C=O) groups is 1. The molecule has 23 heavy (non-hydrogen) atoms. The summed E-state index contributed by atoms with van der Waals surface area (Å²) in [6, 6.07) is 4.52. The highest BCUT2D eigenvalue weighted by molar-refractivity contribution is 5.82. The molecule has 1 aromatic rings. The molecule has 2 saturated heterocycles. The van der Waals surface area contributed by atoms with E-state index in [0.717, 1.165) is 44.3 Å². The van der Waals surface area contributed by atoms with Crippen molar-refractivity contribution in [3.63, 3.8) is 0 Å². The lowest BCUT2D eigenvalue weighted by Crippen LogP contribution is -2.53. The van der Waals surface area contributed by atoms with Crippen molar-refractivity contribution in [3.05, 3.63) is 18.3 Å². The van der Waals surface area contributed by atoms with E-state index >= 15 is 0 Å². The first-order chi connectivity index (χ1) is 11.3. The topological polar surface area (TPSA) is 61.4 Å². The van der Waals surface area contributed by atoms with E-state index in [0.29, 0.717) is 11.9 Å². The number of nitrogens with zero attached hydrogens (tertiary/aromatic N) is 4. The lowest BCUT2D eigenvalue weighted by molar-refractivity contribution is -0.133. The zero-order valence-corrected chi connectivity index (χ0v) is 13.5. The van der Waals surface area contributed by atoms with Crippen molar-refractivity contribution in [1.29, 1.82) is 0 Å². The van der Waals surface area contributed by atoms with Crippen LogP contribution in [0.3, 0.4) is 0 Å². The SMILES string of the molecule is O=C(C1CC2CCCCC2N1)N1CCN(c2cccnn2)CC1. The number of hydrogen-bond donors (Lipinski definition) is 1. The highest BCUT2D eigenvalue weighted by Gasteiger charge is 2.40. The van der Waals surface area contributed by atoms with Gasteiger partial charge < -0.3 is 15.1 Å². The summed E-state index contributed by atoms with van der Waals surface area (Å²) in [5.74, 6) is 1.93. The van der Waals surface area contributed by atoms with Gasteiger partial charge in [-0.15, -0.1) is 5.10 Å². The van der Waals surface area contributed by atoms with Crippen LogP contribution in [-0.2, 0) is 4.79 Å². The highest BCUT2D eigenvalue weighted by atomic mass is 16.2. The molecule has 6 heteroatoms. The summed E-state index contributed by atoms with van der Waals surface area (Å²) in [7, 11) is 0. The predicted molar refractivity (Wildman–Crippen MR) is 88.1 cm³/mol. The maximum atomic E-state index is 12.8. The molecule has 3 unspecified atom stereocenters. The van der Waals surface area contributed by atoms with Crippen LogP contribution >= 0.6 is 0 Å². The van der Waals surface area contributed by atoms with Gasteiger partial charge in [0.05, 0.1) is 6.04 Å². The fraction of sp³-hybridized carbons (Fsp3) is 0.706. The number of aromatic nitrogens is 2. The van der Waals surface area contributed by atoms with E-state index in [1.807, 2.05) is 17.0 Å². The van der Waals surface area contributed by atoms with Crippen LogP contribution in [0.15, 0.2) is 18.3 Å². The maximum absolute atomic E-state index is 12.8. The van der Waals surface area contributed by atoms with Gasteiger partial charge in [0, 0.05) is 38.4 Å².